The molecule has 1 aromatic carbocycles. The monoisotopic (exact) mass is 817 g/mol. The van der Waals surface area contributed by atoms with Crippen molar-refractivity contribution in [3.8, 4) is 0 Å². The summed E-state index contributed by atoms with van der Waals surface area (Å²) >= 11 is 6.88. The van der Waals surface area contributed by atoms with Gasteiger partial charge in [0.05, 0.1) is 12.1 Å². The highest BCUT2D eigenvalue weighted by atomic mass is 79.9. The van der Waals surface area contributed by atoms with Crippen LogP contribution >= 0.6 is 31.9 Å². The van der Waals surface area contributed by atoms with Crippen molar-refractivity contribution < 1.29 is 38.2 Å². The van der Waals surface area contributed by atoms with Crippen LogP contribution in [0.5, 0.6) is 0 Å². The number of halogens is 2. The maximum absolute atomic E-state index is 14.3. The summed E-state index contributed by atoms with van der Waals surface area (Å²) in [4.78, 5) is 80.2. The van der Waals surface area contributed by atoms with E-state index >= 15 is 0 Å². The van der Waals surface area contributed by atoms with Gasteiger partial charge in [0.15, 0.2) is 0 Å². The lowest BCUT2D eigenvalue weighted by atomic mass is 9.96. The van der Waals surface area contributed by atoms with E-state index in [1.54, 1.807) is 65.8 Å². The molecule has 0 aliphatic rings. The highest BCUT2D eigenvalue weighted by Crippen LogP contribution is 2.20. The molecule has 0 heterocycles. The van der Waals surface area contributed by atoms with Gasteiger partial charge < -0.3 is 35.6 Å². The number of nitrogens with zero attached hydrogens (tertiary/aromatic N) is 1. The number of amides is 5. The Kier molecular flexibility index (Phi) is 18.3. The third kappa shape index (κ3) is 14.3. The SMILES string of the molecule is CC[C@H](C)[C@H](NC(=O)C(C)N(C(=O)[C@H](Cc1ccccc1)NC(=O)[C@H](C)NC(=O)OC(C)(C)C)C(Br)CBr)C(=O)N[C@H](C(=O)OC)C(C)C. The molecule has 4 N–H and O–H groups in total. The van der Waals surface area contributed by atoms with Gasteiger partial charge in [-0.25, -0.2) is 9.59 Å². The van der Waals surface area contributed by atoms with E-state index in [0.717, 1.165) is 5.56 Å². The fourth-order valence-electron chi connectivity index (χ4n) is 4.69. The second kappa shape index (κ2) is 20.5. The number of hydrogen-bond acceptors (Lipinski definition) is 8. The van der Waals surface area contributed by atoms with Gasteiger partial charge in [0, 0.05) is 11.8 Å². The first kappa shape index (κ1) is 43.8. The average Bonchev–Trinajstić information content (AvgIpc) is 3.03. The molecule has 13 nitrogen and oxygen atoms in total. The highest BCUT2D eigenvalue weighted by molar-refractivity contribution is 9.12. The second-order valence-corrected chi connectivity index (χ2v) is 15.0. The standard InChI is InChI=1S/C34H53Br2N5O8/c1-11-20(4)27(30(44)39-26(19(2)3)32(46)48-10)40-29(43)22(6)41(25(36)18-35)31(45)24(17-23-15-13-12-14-16-23)38-28(42)21(5)37-33(47)49-34(7,8)9/h12-16,19-22,24-27H,11,17-18H2,1-10H3,(H,37,47)(H,38,42)(H,39,44)(H,40,43)/t20-,21-,22?,24-,25?,26-,27-/m0/s1. The first-order chi connectivity index (χ1) is 22.8. The summed E-state index contributed by atoms with van der Waals surface area (Å²) in [7, 11) is 1.23. The smallest absolute Gasteiger partial charge is 0.408 e. The molecule has 0 saturated carbocycles. The van der Waals surface area contributed by atoms with Crippen molar-refractivity contribution in [1.82, 2.24) is 26.2 Å². The topological polar surface area (TPSA) is 172 Å². The summed E-state index contributed by atoms with van der Waals surface area (Å²) in [6, 6.07) is 3.76. The first-order valence-electron chi connectivity index (χ1n) is 16.3. The van der Waals surface area contributed by atoms with Gasteiger partial charge in [0.2, 0.25) is 23.6 Å². The summed E-state index contributed by atoms with van der Waals surface area (Å²) < 4.78 is 10.1. The minimum atomic E-state index is -1.15. The molecule has 276 valence electrons. The number of hydrogen-bond donors (Lipinski definition) is 4. The quantitative estimate of drug-likeness (QED) is 0.105. The molecule has 2 unspecified atom stereocenters. The number of rotatable bonds is 17. The van der Waals surface area contributed by atoms with E-state index in [-0.39, 0.29) is 23.6 Å². The Hall–Kier alpha value is -3.20. The molecule has 0 saturated heterocycles. The van der Waals surface area contributed by atoms with Crippen LogP contribution in [0.3, 0.4) is 0 Å². The van der Waals surface area contributed by atoms with Gasteiger partial charge in [-0.1, -0.05) is 96.3 Å². The lowest BCUT2D eigenvalue weighted by Crippen LogP contribution is -2.62. The molecule has 15 heteroatoms. The number of methoxy groups -OCH3 is 1. The third-order valence-electron chi connectivity index (χ3n) is 7.72. The zero-order valence-corrected chi connectivity index (χ0v) is 33.3. The predicted molar refractivity (Wildman–Crippen MR) is 194 cm³/mol. The van der Waals surface area contributed by atoms with Crippen LogP contribution in [0.15, 0.2) is 30.3 Å². The van der Waals surface area contributed by atoms with Crippen molar-refractivity contribution in [3.63, 3.8) is 0 Å². The van der Waals surface area contributed by atoms with E-state index in [1.807, 2.05) is 13.0 Å². The Morgan fingerprint density at radius 3 is 1.90 bits per heavy atom. The molecule has 1 aromatic rings. The summed E-state index contributed by atoms with van der Waals surface area (Å²) in [5.41, 5.74) is -0.0367. The van der Waals surface area contributed by atoms with Crippen molar-refractivity contribution in [2.45, 2.75) is 116 Å². The van der Waals surface area contributed by atoms with Crippen LogP contribution in [0.1, 0.15) is 74.3 Å². The molecule has 0 aliphatic carbocycles. The van der Waals surface area contributed by atoms with Crippen molar-refractivity contribution in [2.24, 2.45) is 11.8 Å². The van der Waals surface area contributed by atoms with Crippen LogP contribution in [0.4, 0.5) is 4.79 Å². The van der Waals surface area contributed by atoms with Gasteiger partial charge in [-0.2, -0.15) is 0 Å². The molecular weight excluding hydrogens is 766 g/mol. The van der Waals surface area contributed by atoms with Gasteiger partial charge in [-0.15, -0.1) is 0 Å². The van der Waals surface area contributed by atoms with Crippen LogP contribution in [0.25, 0.3) is 0 Å². The normalized spacial score (nSPS) is 15.7. The summed E-state index contributed by atoms with van der Waals surface area (Å²) in [6.45, 7) is 15.3. The first-order valence-corrected chi connectivity index (χ1v) is 18.4. The number of carbonyl (C=O) groups is 6. The molecule has 7 atom stereocenters. The zero-order chi connectivity index (χ0) is 37.6. The molecular formula is C34H53Br2N5O8. The van der Waals surface area contributed by atoms with Crippen LogP contribution in [0.2, 0.25) is 0 Å². The molecule has 49 heavy (non-hydrogen) atoms. The van der Waals surface area contributed by atoms with E-state index in [9.17, 15) is 28.8 Å². The Morgan fingerprint density at radius 2 is 1.41 bits per heavy atom. The fraction of sp³-hybridized carbons (Fsp3) is 0.647. The molecule has 0 spiro atoms. The van der Waals surface area contributed by atoms with Crippen LogP contribution < -0.4 is 21.3 Å². The maximum atomic E-state index is 14.3. The molecule has 0 radical (unpaired) electrons. The summed E-state index contributed by atoms with van der Waals surface area (Å²) in [6.07, 6.45) is -0.179. The Labute approximate surface area is 307 Å². The van der Waals surface area contributed by atoms with E-state index in [4.69, 9.17) is 9.47 Å². The van der Waals surface area contributed by atoms with Crippen molar-refractivity contribution in [3.05, 3.63) is 35.9 Å². The van der Waals surface area contributed by atoms with Crippen molar-refractivity contribution >= 4 is 67.6 Å². The molecule has 0 aromatic heterocycles. The predicted octanol–water partition coefficient (Wildman–Crippen LogP) is 3.80. The molecule has 0 aliphatic heterocycles. The van der Waals surface area contributed by atoms with E-state index in [1.165, 1.54) is 25.9 Å². The summed E-state index contributed by atoms with van der Waals surface area (Å²) in [5.74, 6) is -3.61. The largest absolute Gasteiger partial charge is 0.467 e. The zero-order valence-electron chi connectivity index (χ0n) is 30.1. The lowest BCUT2D eigenvalue weighted by Gasteiger charge is -2.36. The number of esters is 1. The Balaban J connectivity index is 3.39. The van der Waals surface area contributed by atoms with E-state index in [0.29, 0.717) is 6.42 Å². The fourth-order valence-corrected chi connectivity index (χ4v) is 5.56. The van der Waals surface area contributed by atoms with E-state index in [2.05, 4.69) is 53.1 Å². The Morgan fingerprint density at radius 1 is 0.837 bits per heavy atom. The van der Waals surface area contributed by atoms with Gasteiger partial charge in [-0.3, -0.25) is 19.2 Å². The van der Waals surface area contributed by atoms with Crippen molar-refractivity contribution in [1.29, 1.82) is 0 Å². The van der Waals surface area contributed by atoms with Crippen LogP contribution in [-0.2, 0) is 39.9 Å². The lowest BCUT2D eigenvalue weighted by molar-refractivity contribution is -0.147. The van der Waals surface area contributed by atoms with Crippen LogP contribution in [-0.4, -0.2) is 93.8 Å². The Bertz CT molecular complexity index is 1280. The molecule has 5 amide bonds. The van der Waals surface area contributed by atoms with E-state index < -0.39 is 76.5 Å². The number of alkyl carbamates (subject to hydrolysis) is 1. The number of carbonyl (C=O) groups excluding carboxylic acids is 6. The van der Waals surface area contributed by atoms with Gasteiger partial charge in [0.1, 0.15) is 35.8 Å². The molecule has 1 rings (SSSR count). The summed E-state index contributed by atoms with van der Waals surface area (Å²) in [5, 5.41) is 10.9. The highest BCUT2D eigenvalue weighted by Gasteiger charge is 2.39. The number of nitrogens with one attached hydrogen (secondary N) is 4. The minimum absolute atomic E-state index is 0.0828. The number of ether oxygens (including phenoxy) is 2. The van der Waals surface area contributed by atoms with Gasteiger partial charge in [-0.05, 0) is 52.0 Å². The third-order valence-corrected chi connectivity index (χ3v) is 9.96. The van der Waals surface area contributed by atoms with Gasteiger partial charge >= 0.3 is 12.1 Å². The number of alkyl halides is 2. The second-order valence-electron chi connectivity index (χ2n) is 13.3. The van der Waals surface area contributed by atoms with Gasteiger partial charge in [0.25, 0.3) is 0 Å². The minimum Gasteiger partial charge on any atom is -0.467 e. The molecule has 0 fully saturated rings. The maximum Gasteiger partial charge on any atom is 0.408 e. The average molecular weight is 820 g/mol. The van der Waals surface area contributed by atoms with Crippen LogP contribution in [0, 0.1) is 11.8 Å². The van der Waals surface area contributed by atoms with Crippen molar-refractivity contribution in [2.75, 3.05) is 12.4 Å². The number of benzene rings is 1. The molecule has 0 bridgehead atoms.